The Hall–Kier alpha value is -5.65. The largest absolute Gasteiger partial charge is 0.497 e. The minimum atomic E-state index is -0.821. The molecule has 5 aliphatic rings. The number of esters is 1. The zero-order valence-corrected chi connectivity index (χ0v) is 24.5. The summed E-state index contributed by atoms with van der Waals surface area (Å²) in [5, 5.41) is 12.8. The second-order valence-electron chi connectivity index (χ2n) is 11.9. The van der Waals surface area contributed by atoms with Gasteiger partial charge in [-0.15, -0.1) is 0 Å². The molecule has 232 valence electrons. The number of hydrazine groups is 1. The van der Waals surface area contributed by atoms with Gasteiger partial charge in [0.25, 0.3) is 23.4 Å². The average Bonchev–Trinajstić information content (AvgIpc) is 3.86. The van der Waals surface area contributed by atoms with E-state index in [9.17, 15) is 34.1 Å². The molecule has 8 rings (SSSR count). The number of nitrogens with zero attached hydrogens (tertiary/aromatic N) is 3. The predicted molar refractivity (Wildman–Crippen MR) is 159 cm³/mol. The number of hydrogen-bond acceptors (Lipinski definition) is 9. The molecule has 1 heterocycles. The van der Waals surface area contributed by atoms with Crippen LogP contribution in [0.3, 0.4) is 0 Å². The lowest BCUT2D eigenvalue weighted by Crippen LogP contribution is -2.52. The molecule has 3 fully saturated rings. The number of nitro groups is 1. The van der Waals surface area contributed by atoms with Gasteiger partial charge in [-0.05, 0) is 84.7 Å². The molecule has 0 unspecified atom stereocenters. The quantitative estimate of drug-likeness (QED) is 0.0653. The van der Waals surface area contributed by atoms with Crippen LogP contribution in [-0.2, 0) is 9.59 Å². The fourth-order valence-electron chi connectivity index (χ4n) is 7.14. The van der Waals surface area contributed by atoms with E-state index in [4.69, 9.17) is 9.47 Å². The second-order valence-corrected chi connectivity index (χ2v) is 11.9. The number of ketones is 1. The van der Waals surface area contributed by atoms with E-state index in [2.05, 4.69) is 0 Å². The number of carbonyl (C=O) groups is 5. The normalized spacial score (nSPS) is 25.0. The Morgan fingerprint density at radius 3 is 2.04 bits per heavy atom. The fraction of sp³-hybridized carbons (Fsp3) is 0.265. The molecule has 1 aliphatic heterocycles. The van der Waals surface area contributed by atoms with Gasteiger partial charge in [0.15, 0.2) is 5.78 Å². The molecule has 0 N–H and O–H groups in total. The van der Waals surface area contributed by atoms with E-state index >= 15 is 0 Å². The molecule has 4 aliphatic carbocycles. The number of rotatable bonds is 9. The maximum Gasteiger partial charge on any atom is 0.343 e. The van der Waals surface area contributed by atoms with E-state index in [-0.39, 0.29) is 40.0 Å². The smallest absolute Gasteiger partial charge is 0.343 e. The van der Waals surface area contributed by atoms with Crippen LogP contribution >= 0.6 is 0 Å². The van der Waals surface area contributed by atoms with Gasteiger partial charge in [-0.2, -0.15) is 5.01 Å². The van der Waals surface area contributed by atoms with Gasteiger partial charge in [0.2, 0.25) is 0 Å². The summed E-state index contributed by atoms with van der Waals surface area (Å²) in [6, 6.07) is 16.8. The maximum absolute atomic E-state index is 13.9. The molecule has 12 nitrogen and oxygen atoms in total. The Bertz CT molecular complexity index is 1800. The molecule has 12 heteroatoms. The van der Waals surface area contributed by atoms with Crippen molar-refractivity contribution in [3.8, 4) is 11.5 Å². The topological polar surface area (TPSA) is 153 Å². The average molecular weight is 622 g/mol. The molecule has 2 bridgehead atoms. The number of imide groups is 1. The minimum Gasteiger partial charge on any atom is -0.497 e. The molecule has 3 aromatic rings. The molecule has 0 radical (unpaired) electrons. The van der Waals surface area contributed by atoms with Gasteiger partial charge in [-0.25, -0.2) is 9.80 Å². The van der Waals surface area contributed by atoms with E-state index < -0.39 is 52.8 Å². The highest BCUT2D eigenvalue weighted by Crippen LogP contribution is 2.65. The van der Waals surface area contributed by atoms with Crippen LogP contribution in [0.25, 0.3) is 0 Å². The van der Waals surface area contributed by atoms with Crippen molar-refractivity contribution in [2.45, 2.75) is 6.42 Å². The maximum atomic E-state index is 13.9. The number of allylic oxidation sites excluding steroid dienone is 2. The van der Waals surface area contributed by atoms with Gasteiger partial charge < -0.3 is 9.47 Å². The Morgan fingerprint density at radius 2 is 1.46 bits per heavy atom. The van der Waals surface area contributed by atoms with Crippen molar-refractivity contribution in [2.75, 3.05) is 13.7 Å². The van der Waals surface area contributed by atoms with E-state index in [0.717, 1.165) is 28.6 Å². The molecule has 3 aromatic carbocycles. The minimum absolute atomic E-state index is 0.0300. The lowest BCUT2D eigenvalue weighted by atomic mass is 9.63. The number of amides is 3. The zero-order chi connectivity index (χ0) is 32.3. The first kappa shape index (κ1) is 29.1. The first-order chi connectivity index (χ1) is 22.2. The number of benzene rings is 3. The molecule has 1 saturated heterocycles. The summed E-state index contributed by atoms with van der Waals surface area (Å²) in [5.74, 6) is -3.16. The number of ether oxygens (including phenoxy) is 2. The lowest BCUT2D eigenvalue weighted by molar-refractivity contribution is -0.384. The van der Waals surface area contributed by atoms with Gasteiger partial charge in [0.1, 0.15) is 18.0 Å². The third-order valence-electron chi connectivity index (χ3n) is 9.43. The van der Waals surface area contributed by atoms with E-state index in [1.54, 1.807) is 18.2 Å². The van der Waals surface area contributed by atoms with Crippen molar-refractivity contribution in [3.63, 3.8) is 0 Å². The third-order valence-corrected chi connectivity index (χ3v) is 9.43. The van der Waals surface area contributed by atoms with Crippen molar-refractivity contribution < 1.29 is 38.4 Å². The molecule has 6 atom stereocenters. The number of nitro benzene ring substituents is 1. The third kappa shape index (κ3) is 4.82. The van der Waals surface area contributed by atoms with Crippen molar-refractivity contribution in [2.24, 2.45) is 35.5 Å². The first-order valence-electron chi connectivity index (χ1n) is 14.8. The van der Waals surface area contributed by atoms with Crippen LogP contribution in [0, 0.1) is 45.6 Å². The Balaban J connectivity index is 1.14. The summed E-state index contributed by atoms with van der Waals surface area (Å²) >= 11 is 0. The zero-order valence-electron chi connectivity index (χ0n) is 24.5. The highest BCUT2D eigenvalue weighted by molar-refractivity contribution is 6.10. The van der Waals surface area contributed by atoms with Crippen LogP contribution in [0.2, 0.25) is 0 Å². The number of Topliss-reactive ketones (excluding diaryl/α,β-unsaturated/α-hetero) is 1. The van der Waals surface area contributed by atoms with Crippen molar-refractivity contribution in [1.29, 1.82) is 0 Å². The summed E-state index contributed by atoms with van der Waals surface area (Å²) in [5.41, 5.74) is 0.133. The van der Waals surface area contributed by atoms with Crippen LogP contribution in [-0.4, -0.2) is 58.1 Å². The first-order valence-corrected chi connectivity index (χ1v) is 14.8. The fourth-order valence-corrected chi connectivity index (χ4v) is 7.14. The summed E-state index contributed by atoms with van der Waals surface area (Å²) in [7, 11) is 1.48. The van der Waals surface area contributed by atoms with Crippen LogP contribution in [0.5, 0.6) is 11.5 Å². The van der Waals surface area contributed by atoms with Crippen molar-refractivity contribution in [1.82, 2.24) is 10.0 Å². The number of carbonyl (C=O) groups excluding carboxylic acids is 5. The Kier molecular flexibility index (Phi) is 6.99. The molecule has 46 heavy (non-hydrogen) atoms. The van der Waals surface area contributed by atoms with Crippen LogP contribution in [0.15, 0.2) is 84.9 Å². The van der Waals surface area contributed by atoms with Gasteiger partial charge in [0, 0.05) is 23.3 Å². The van der Waals surface area contributed by atoms with Crippen molar-refractivity contribution >= 4 is 35.2 Å². The van der Waals surface area contributed by atoms with E-state index in [1.165, 1.54) is 49.6 Å². The number of non-ortho nitro benzene ring substituents is 1. The molecule has 2 saturated carbocycles. The summed E-state index contributed by atoms with van der Waals surface area (Å²) in [6.45, 7) is -0.648. The molecule has 0 aromatic heterocycles. The van der Waals surface area contributed by atoms with Crippen molar-refractivity contribution in [3.05, 3.63) is 112 Å². The van der Waals surface area contributed by atoms with Crippen LogP contribution in [0.1, 0.15) is 37.5 Å². The summed E-state index contributed by atoms with van der Waals surface area (Å²) in [4.78, 5) is 78.3. The lowest BCUT2D eigenvalue weighted by Gasteiger charge is -2.37. The summed E-state index contributed by atoms with van der Waals surface area (Å²) < 4.78 is 10.6. The SMILES string of the molecule is COc1cccc(C(=O)Oc2ccc(C(=O)CN(C(=O)c3ccc([N+](=O)[O-])cc3)N3C(=O)[C@@H]4[C@H]5C=C[C@@H]([C@@H]6C[C@@H]56)[C@H]4C3=O)cc2)c1. The van der Waals surface area contributed by atoms with E-state index in [0.29, 0.717) is 17.6 Å². The van der Waals surface area contributed by atoms with Gasteiger partial charge >= 0.3 is 5.97 Å². The highest BCUT2D eigenvalue weighted by Gasteiger charge is 2.68. The standard InChI is InChI=1S/C34H27N3O9/c1-45-23-4-2-3-20(15-23)34(42)46-22-11-7-18(8-12-22)28(38)17-35(31(39)19-5-9-21(10-6-19)37(43)44)36-32(40)29-24-13-14-25(27-16-26(24)27)30(29)33(36)41/h2-15,24-27,29-30H,16-17H2,1H3/t24-,25-,26-,27-,29+,30+/m0/s1. The number of hydrogen-bond donors (Lipinski definition) is 0. The highest BCUT2D eigenvalue weighted by atomic mass is 16.6. The number of methoxy groups -OCH3 is 1. The Labute approximate surface area is 262 Å². The Morgan fingerprint density at radius 1 is 0.848 bits per heavy atom. The predicted octanol–water partition coefficient (Wildman–Crippen LogP) is 4.12. The van der Waals surface area contributed by atoms with Gasteiger partial charge in [-0.3, -0.25) is 29.3 Å². The van der Waals surface area contributed by atoms with Gasteiger partial charge in [-0.1, -0.05) is 18.2 Å². The molecule has 3 amide bonds. The summed E-state index contributed by atoms with van der Waals surface area (Å²) in [6.07, 6.45) is 4.97. The van der Waals surface area contributed by atoms with Crippen LogP contribution in [0.4, 0.5) is 5.69 Å². The molecule has 0 spiro atoms. The van der Waals surface area contributed by atoms with Crippen LogP contribution < -0.4 is 9.47 Å². The van der Waals surface area contributed by atoms with E-state index in [1.807, 2.05) is 12.2 Å². The van der Waals surface area contributed by atoms with Gasteiger partial charge in [0.05, 0.1) is 29.4 Å². The molecular formula is C34H27N3O9. The second kappa shape index (κ2) is 11.1. The molecular weight excluding hydrogens is 594 g/mol. The monoisotopic (exact) mass is 621 g/mol.